The van der Waals surface area contributed by atoms with Gasteiger partial charge in [0.1, 0.15) is 6.61 Å². The molecule has 0 amide bonds. The van der Waals surface area contributed by atoms with Crippen molar-refractivity contribution in [3.8, 4) is 0 Å². The Labute approximate surface area is 203 Å². The molecule has 0 spiro atoms. The van der Waals surface area contributed by atoms with Crippen LogP contribution in [-0.4, -0.2) is 31.1 Å². The number of ketones is 1. The first-order chi connectivity index (χ1) is 15.8. The molecule has 1 aromatic carbocycles. The number of halogens is 1. The molecule has 4 rings (SSSR count). The molecular formula is C26H28ClNO4S. The van der Waals surface area contributed by atoms with Gasteiger partial charge in [-0.3, -0.25) is 4.79 Å². The highest BCUT2D eigenvalue weighted by Gasteiger charge is 2.41. The molecule has 0 fully saturated rings. The molecular weight excluding hydrogens is 458 g/mol. The Morgan fingerprint density at radius 2 is 1.94 bits per heavy atom. The first-order valence-electron chi connectivity index (χ1n) is 11.2. The van der Waals surface area contributed by atoms with Crippen molar-refractivity contribution in [3.05, 3.63) is 79.8 Å². The molecule has 2 aliphatic rings. The van der Waals surface area contributed by atoms with Crippen LogP contribution in [0.15, 0.2) is 64.3 Å². The number of carbonyl (C=O) groups is 2. The summed E-state index contributed by atoms with van der Waals surface area (Å²) in [6.45, 7) is 6.21. The zero-order valence-electron chi connectivity index (χ0n) is 19.0. The number of hydrogen-bond acceptors (Lipinski definition) is 6. The topological polar surface area (TPSA) is 64.6 Å². The van der Waals surface area contributed by atoms with Gasteiger partial charge in [0.15, 0.2) is 5.78 Å². The van der Waals surface area contributed by atoms with Gasteiger partial charge >= 0.3 is 5.97 Å². The molecule has 0 saturated heterocycles. The Balaban J connectivity index is 1.67. The van der Waals surface area contributed by atoms with Crippen molar-refractivity contribution >= 4 is 34.7 Å². The minimum absolute atomic E-state index is 0.0584. The lowest BCUT2D eigenvalue weighted by Gasteiger charge is -2.36. The number of nitrogens with one attached hydrogen (secondary N) is 1. The average Bonchev–Trinajstić information content (AvgIpc) is 3.31. The molecule has 2 unspecified atom stereocenters. The number of esters is 1. The summed E-state index contributed by atoms with van der Waals surface area (Å²) in [6, 6.07) is 11.4. The monoisotopic (exact) mass is 485 g/mol. The Morgan fingerprint density at radius 1 is 1.18 bits per heavy atom. The maximum Gasteiger partial charge on any atom is 0.336 e. The quantitative estimate of drug-likeness (QED) is 0.400. The van der Waals surface area contributed by atoms with Crippen LogP contribution in [0.4, 0.5) is 0 Å². The first-order valence-corrected chi connectivity index (χ1v) is 12.4. The molecule has 2 aromatic rings. The molecule has 0 saturated carbocycles. The summed E-state index contributed by atoms with van der Waals surface area (Å²) < 4.78 is 11.0. The van der Waals surface area contributed by atoms with E-state index in [-0.39, 0.29) is 24.4 Å². The smallest absolute Gasteiger partial charge is 0.336 e. The largest absolute Gasteiger partial charge is 0.460 e. The fourth-order valence-electron chi connectivity index (χ4n) is 4.52. The third-order valence-corrected chi connectivity index (χ3v) is 7.25. The standard InChI is InChI=1S/C26H28ClNO4S/c1-15(2)31-10-11-32-26(30)23-16(3)28-20-13-18(22-5-4-12-33-22)14-21(29)25(20)24(23)17-6-8-19(27)9-7-17/h4-9,12,15,18,24,28H,10-11,13-14H2,1-3H3. The molecule has 1 aliphatic carbocycles. The van der Waals surface area contributed by atoms with Crippen LogP contribution < -0.4 is 5.32 Å². The number of Topliss-reactive ketones (excluding diaryl/α,β-unsaturated/α-hetero) is 1. The van der Waals surface area contributed by atoms with Crippen molar-refractivity contribution in [2.75, 3.05) is 13.2 Å². The molecule has 174 valence electrons. The molecule has 7 heteroatoms. The normalized spacial score (nSPS) is 20.7. The predicted octanol–water partition coefficient (Wildman–Crippen LogP) is 5.73. The van der Waals surface area contributed by atoms with E-state index < -0.39 is 11.9 Å². The number of ether oxygens (including phenoxy) is 2. The van der Waals surface area contributed by atoms with Gasteiger partial charge < -0.3 is 14.8 Å². The fourth-order valence-corrected chi connectivity index (χ4v) is 5.48. The summed E-state index contributed by atoms with van der Waals surface area (Å²) in [7, 11) is 0. The second-order valence-corrected chi connectivity index (χ2v) is 10.1. The van der Waals surface area contributed by atoms with Crippen molar-refractivity contribution in [2.24, 2.45) is 0 Å². The van der Waals surface area contributed by atoms with E-state index >= 15 is 0 Å². The molecule has 1 aliphatic heterocycles. The van der Waals surface area contributed by atoms with Crippen LogP contribution in [0.2, 0.25) is 5.02 Å². The highest BCUT2D eigenvalue weighted by Crippen LogP contribution is 2.46. The van der Waals surface area contributed by atoms with Crippen molar-refractivity contribution in [3.63, 3.8) is 0 Å². The number of hydrogen-bond donors (Lipinski definition) is 1. The van der Waals surface area contributed by atoms with Gasteiger partial charge in [0.25, 0.3) is 0 Å². The van der Waals surface area contributed by atoms with Crippen LogP contribution in [0.25, 0.3) is 0 Å². The van der Waals surface area contributed by atoms with Crippen LogP contribution in [0.5, 0.6) is 0 Å². The van der Waals surface area contributed by atoms with Gasteiger partial charge in [-0.05, 0) is 56.3 Å². The molecule has 0 bridgehead atoms. The Hall–Kier alpha value is -2.41. The minimum Gasteiger partial charge on any atom is -0.460 e. The summed E-state index contributed by atoms with van der Waals surface area (Å²) >= 11 is 7.80. The molecule has 5 nitrogen and oxygen atoms in total. The number of thiophene rings is 1. The van der Waals surface area contributed by atoms with Gasteiger partial charge in [0.05, 0.1) is 18.3 Å². The van der Waals surface area contributed by atoms with E-state index in [4.69, 9.17) is 21.1 Å². The molecule has 2 atom stereocenters. The summed E-state index contributed by atoms with van der Waals surface area (Å²) in [5.41, 5.74) is 3.57. The molecule has 1 N–H and O–H groups in total. The average molecular weight is 486 g/mol. The van der Waals surface area contributed by atoms with E-state index in [9.17, 15) is 9.59 Å². The van der Waals surface area contributed by atoms with Gasteiger partial charge in [-0.15, -0.1) is 11.3 Å². The third kappa shape index (κ3) is 5.24. The van der Waals surface area contributed by atoms with Crippen LogP contribution in [0.1, 0.15) is 55.9 Å². The second-order valence-electron chi connectivity index (χ2n) is 8.64. The predicted molar refractivity (Wildman–Crippen MR) is 130 cm³/mol. The van der Waals surface area contributed by atoms with Crippen molar-refractivity contribution in [1.82, 2.24) is 5.32 Å². The fraction of sp³-hybridized carbons (Fsp3) is 0.385. The van der Waals surface area contributed by atoms with Crippen molar-refractivity contribution in [1.29, 1.82) is 0 Å². The van der Waals surface area contributed by atoms with E-state index in [2.05, 4.69) is 11.4 Å². The van der Waals surface area contributed by atoms with Crippen molar-refractivity contribution in [2.45, 2.75) is 51.6 Å². The number of allylic oxidation sites excluding steroid dienone is 3. The number of dihydropyridines is 1. The van der Waals surface area contributed by atoms with E-state index in [1.54, 1.807) is 23.5 Å². The number of carbonyl (C=O) groups excluding carboxylic acids is 2. The van der Waals surface area contributed by atoms with E-state index in [0.29, 0.717) is 34.9 Å². The van der Waals surface area contributed by atoms with Gasteiger partial charge in [-0.25, -0.2) is 4.79 Å². The van der Waals surface area contributed by atoms with Gasteiger partial charge in [-0.1, -0.05) is 29.8 Å². The SMILES string of the molecule is CC1=C(C(=O)OCCOC(C)C)C(c2ccc(Cl)cc2)C2=C(CC(c3cccs3)CC2=O)N1. The maximum atomic E-state index is 13.5. The highest BCUT2D eigenvalue weighted by molar-refractivity contribution is 7.10. The summed E-state index contributed by atoms with van der Waals surface area (Å²) in [5, 5.41) is 6.02. The van der Waals surface area contributed by atoms with Gasteiger partial charge in [0.2, 0.25) is 0 Å². The van der Waals surface area contributed by atoms with Crippen LogP contribution in [0.3, 0.4) is 0 Å². The first kappa shape index (κ1) is 23.7. The Bertz CT molecular complexity index is 1090. The van der Waals surface area contributed by atoms with E-state index in [0.717, 1.165) is 17.7 Å². The summed E-state index contributed by atoms with van der Waals surface area (Å²) in [4.78, 5) is 27.9. The maximum absolute atomic E-state index is 13.5. The molecule has 0 radical (unpaired) electrons. The highest BCUT2D eigenvalue weighted by atomic mass is 35.5. The van der Waals surface area contributed by atoms with Crippen LogP contribution in [0, 0.1) is 0 Å². The van der Waals surface area contributed by atoms with E-state index in [1.807, 2.05) is 44.4 Å². The summed E-state index contributed by atoms with van der Waals surface area (Å²) in [6.07, 6.45) is 1.22. The summed E-state index contributed by atoms with van der Waals surface area (Å²) in [5.74, 6) is -0.729. The zero-order chi connectivity index (χ0) is 23.5. The van der Waals surface area contributed by atoms with E-state index in [1.165, 1.54) is 4.88 Å². The zero-order valence-corrected chi connectivity index (χ0v) is 20.6. The van der Waals surface area contributed by atoms with Crippen molar-refractivity contribution < 1.29 is 19.1 Å². The van der Waals surface area contributed by atoms with Crippen LogP contribution in [-0.2, 0) is 19.1 Å². The Morgan fingerprint density at radius 3 is 2.61 bits per heavy atom. The second kappa shape index (κ2) is 10.2. The van der Waals surface area contributed by atoms with Crippen LogP contribution >= 0.6 is 22.9 Å². The number of rotatable bonds is 7. The lowest BCUT2D eigenvalue weighted by molar-refractivity contribution is -0.141. The van der Waals surface area contributed by atoms with Gasteiger partial charge in [-0.2, -0.15) is 0 Å². The lowest BCUT2D eigenvalue weighted by atomic mass is 9.72. The molecule has 2 heterocycles. The van der Waals surface area contributed by atoms with Gasteiger partial charge in [0, 0.05) is 45.1 Å². The Kier molecular flexibility index (Phi) is 7.37. The minimum atomic E-state index is -0.492. The number of benzene rings is 1. The third-order valence-electron chi connectivity index (χ3n) is 5.96. The lowest BCUT2D eigenvalue weighted by Crippen LogP contribution is -2.36. The molecule has 1 aromatic heterocycles. The molecule has 33 heavy (non-hydrogen) atoms.